The number of anilines is 1. The Bertz CT molecular complexity index is 727. The topological polar surface area (TPSA) is 82.9 Å². The fourth-order valence-electron chi connectivity index (χ4n) is 2.06. The molecule has 0 saturated carbocycles. The van der Waals surface area contributed by atoms with Crippen LogP contribution in [0.2, 0.25) is 0 Å². The molecule has 2 rings (SSSR count). The largest absolute Gasteiger partial charge is 0.398 e. The minimum absolute atomic E-state index is 0.325. The zero-order chi connectivity index (χ0) is 13.4. The lowest BCUT2D eigenvalue weighted by Gasteiger charge is -2.11. The average Bonchev–Trinajstić information content (AvgIpc) is 2.36. The van der Waals surface area contributed by atoms with Crippen molar-refractivity contribution in [3.05, 3.63) is 32.6 Å². The molecule has 2 aromatic rings. The van der Waals surface area contributed by atoms with Gasteiger partial charge in [0.25, 0.3) is 5.56 Å². The van der Waals surface area contributed by atoms with Crippen molar-refractivity contribution in [1.29, 1.82) is 0 Å². The first-order chi connectivity index (χ1) is 8.49. The van der Waals surface area contributed by atoms with Gasteiger partial charge < -0.3 is 5.73 Å². The van der Waals surface area contributed by atoms with E-state index < -0.39 is 11.2 Å². The quantitative estimate of drug-likeness (QED) is 0.821. The maximum Gasteiger partial charge on any atom is 0.332 e. The molecular formula is C12H16N4O2. The van der Waals surface area contributed by atoms with Gasteiger partial charge in [-0.25, -0.2) is 9.78 Å². The van der Waals surface area contributed by atoms with Crippen molar-refractivity contribution in [2.45, 2.75) is 19.8 Å². The zero-order valence-corrected chi connectivity index (χ0v) is 10.7. The summed E-state index contributed by atoms with van der Waals surface area (Å²) in [5.74, 6) is 0. The van der Waals surface area contributed by atoms with Crippen molar-refractivity contribution < 1.29 is 0 Å². The van der Waals surface area contributed by atoms with Crippen molar-refractivity contribution >= 4 is 16.7 Å². The van der Waals surface area contributed by atoms with Crippen molar-refractivity contribution in [1.82, 2.24) is 14.1 Å². The van der Waals surface area contributed by atoms with Gasteiger partial charge in [0.2, 0.25) is 0 Å². The van der Waals surface area contributed by atoms with Gasteiger partial charge in [0.15, 0.2) is 5.65 Å². The molecule has 0 aliphatic heterocycles. The summed E-state index contributed by atoms with van der Waals surface area (Å²) in [6.07, 6.45) is 3.32. The third-order valence-electron chi connectivity index (χ3n) is 3.11. The number of aromatic nitrogens is 3. The number of nitrogen functional groups attached to an aromatic ring is 1. The first kappa shape index (κ1) is 12.3. The van der Waals surface area contributed by atoms with E-state index in [4.69, 9.17) is 5.73 Å². The van der Waals surface area contributed by atoms with E-state index in [1.165, 1.54) is 11.6 Å². The van der Waals surface area contributed by atoms with E-state index in [0.717, 1.165) is 23.0 Å². The molecule has 6 nitrogen and oxygen atoms in total. The highest BCUT2D eigenvalue weighted by molar-refractivity contribution is 5.88. The van der Waals surface area contributed by atoms with Crippen LogP contribution in [0.15, 0.2) is 15.8 Å². The van der Waals surface area contributed by atoms with Crippen molar-refractivity contribution in [2.24, 2.45) is 14.1 Å². The van der Waals surface area contributed by atoms with Crippen LogP contribution >= 0.6 is 0 Å². The summed E-state index contributed by atoms with van der Waals surface area (Å²) >= 11 is 0. The van der Waals surface area contributed by atoms with Crippen LogP contribution in [0.1, 0.15) is 18.9 Å². The van der Waals surface area contributed by atoms with Crippen molar-refractivity contribution in [3.63, 3.8) is 0 Å². The van der Waals surface area contributed by atoms with Crippen molar-refractivity contribution in [3.8, 4) is 0 Å². The zero-order valence-electron chi connectivity index (χ0n) is 10.7. The number of hydrogen-bond donors (Lipinski definition) is 1. The summed E-state index contributed by atoms with van der Waals surface area (Å²) in [7, 11) is 3.02. The molecule has 18 heavy (non-hydrogen) atoms. The first-order valence-corrected chi connectivity index (χ1v) is 5.82. The Morgan fingerprint density at radius 2 is 1.94 bits per heavy atom. The Hall–Kier alpha value is -2.11. The molecule has 0 atom stereocenters. The lowest BCUT2D eigenvalue weighted by Crippen LogP contribution is -2.37. The second-order valence-electron chi connectivity index (χ2n) is 4.35. The second-order valence-corrected chi connectivity index (χ2v) is 4.35. The van der Waals surface area contributed by atoms with Gasteiger partial charge in [0, 0.05) is 20.3 Å². The molecule has 0 amide bonds. The molecule has 96 valence electrons. The van der Waals surface area contributed by atoms with Crippen LogP contribution in [0.3, 0.4) is 0 Å². The van der Waals surface area contributed by atoms with Gasteiger partial charge in [0.1, 0.15) is 5.39 Å². The van der Waals surface area contributed by atoms with E-state index in [1.807, 2.05) is 6.92 Å². The molecule has 0 fully saturated rings. The third kappa shape index (κ3) is 1.61. The molecule has 0 aliphatic carbocycles. The summed E-state index contributed by atoms with van der Waals surface area (Å²) in [6.45, 7) is 2.03. The highest BCUT2D eigenvalue weighted by Crippen LogP contribution is 2.19. The van der Waals surface area contributed by atoms with E-state index in [9.17, 15) is 9.59 Å². The normalized spacial score (nSPS) is 11.1. The highest BCUT2D eigenvalue weighted by atomic mass is 16.2. The van der Waals surface area contributed by atoms with Gasteiger partial charge in [-0.3, -0.25) is 13.9 Å². The summed E-state index contributed by atoms with van der Waals surface area (Å²) in [4.78, 5) is 28.1. The molecule has 0 spiro atoms. The van der Waals surface area contributed by atoms with E-state index in [0.29, 0.717) is 16.7 Å². The lowest BCUT2D eigenvalue weighted by atomic mass is 10.1. The summed E-state index contributed by atoms with van der Waals surface area (Å²) in [6, 6.07) is 0. The van der Waals surface area contributed by atoms with Gasteiger partial charge in [-0.1, -0.05) is 13.3 Å². The maximum atomic E-state index is 12.1. The molecule has 0 saturated heterocycles. The van der Waals surface area contributed by atoms with Crippen LogP contribution in [0.25, 0.3) is 11.0 Å². The van der Waals surface area contributed by atoms with E-state index in [-0.39, 0.29) is 0 Å². The monoisotopic (exact) mass is 248 g/mol. The Kier molecular flexibility index (Phi) is 2.94. The Morgan fingerprint density at radius 1 is 1.28 bits per heavy atom. The minimum atomic E-state index is -0.400. The molecule has 0 unspecified atom stereocenters. The molecule has 0 bridgehead atoms. The maximum absolute atomic E-state index is 12.1. The molecule has 6 heteroatoms. The highest BCUT2D eigenvalue weighted by Gasteiger charge is 2.14. The van der Waals surface area contributed by atoms with E-state index >= 15 is 0 Å². The van der Waals surface area contributed by atoms with Crippen LogP contribution in [0.5, 0.6) is 0 Å². The van der Waals surface area contributed by atoms with Gasteiger partial charge >= 0.3 is 5.69 Å². The number of nitrogens with two attached hydrogens (primary N) is 1. The van der Waals surface area contributed by atoms with Gasteiger partial charge in [-0.05, 0) is 12.0 Å². The standard InChI is InChI=1S/C12H16N4O2/c1-4-5-7-6-14-10-8(9(7)13)11(17)16(3)12(18)15(10)2/h6H,4-5H2,1-3H3,(H2,13,14). The van der Waals surface area contributed by atoms with E-state index in [2.05, 4.69) is 4.98 Å². The molecule has 0 radical (unpaired) electrons. The first-order valence-electron chi connectivity index (χ1n) is 5.82. The van der Waals surface area contributed by atoms with Gasteiger partial charge in [-0.15, -0.1) is 0 Å². The van der Waals surface area contributed by atoms with Gasteiger partial charge in [-0.2, -0.15) is 0 Å². The Balaban J connectivity index is 2.99. The lowest BCUT2D eigenvalue weighted by molar-refractivity contribution is 0.707. The van der Waals surface area contributed by atoms with Crippen LogP contribution < -0.4 is 17.0 Å². The summed E-state index contributed by atoms with van der Waals surface area (Å²) in [5.41, 5.74) is 6.84. The number of fused-ring (bicyclic) bond motifs is 1. The van der Waals surface area contributed by atoms with Crippen LogP contribution in [-0.2, 0) is 20.5 Å². The predicted octanol–water partition coefficient (Wildman–Crippen LogP) is 0.167. The number of nitrogens with zero attached hydrogens (tertiary/aromatic N) is 3. The van der Waals surface area contributed by atoms with Crippen LogP contribution in [0.4, 0.5) is 5.69 Å². The number of pyridine rings is 1. The second kappa shape index (κ2) is 4.29. The number of aryl methyl sites for hydroxylation is 2. The average molecular weight is 248 g/mol. The third-order valence-corrected chi connectivity index (χ3v) is 3.11. The SMILES string of the molecule is CCCc1cnc2c(c1N)c(=O)n(C)c(=O)n2C. The predicted molar refractivity (Wildman–Crippen MR) is 70.6 cm³/mol. The minimum Gasteiger partial charge on any atom is -0.398 e. The molecule has 2 aromatic heterocycles. The van der Waals surface area contributed by atoms with Gasteiger partial charge in [0.05, 0.1) is 5.69 Å². The molecular weight excluding hydrogens is 232 g/mol. The molecule has 2 N–H and O–H groups in total. The van der Waals surface area contributed by atoms with Crippen LogP contribution in [-0.4, -0.2) is 14.1 Å². The number of hydrogen-bond acceptors (Lipinski definition) is 4. The smallest absolute Gasteiger partial charge is 0.332 e. The Morgan fingerprint density at radius 3 is 2.56 bits per heavy atom. The van der Waals surface area contributed by atoms with Crippen molar-refractivity contribution in [2.75, 3.05) is 5.73 Å². The van der Waals surface area contributed by atoms with E-state index in [1.54, 1.807) is 13.2 Å². The molecule has 2 heterocycles. The Labute approximate surface area is 104 Å². The molecule has 0 aromatic carbocycles. The fraction of sp³-hybridized carbons (Fsp3) is 0.417. The fourth-order valence-corrected chi connectivity index (χ4v) is 2.06. The molecule has 0 aliphatic rings. The summed E-state index contributed by atoms with van der Waals surface area (Å²) < 4.78 is 2.39. The summed E-state index contributed by atoms with van der Waals surface area (Å²) in [5, 5.41) is 0.325. The van der Waals surface area contributed by atoms with Crippen LogP contribution in [0, 0.1) is 0 Å². The number of rotatable bonds is 2.